The summed E-state index contributed by atoms with van der Waals surface area (Å²) in [5.41, 5.74) is 9.00. The van der Waals surface area contributed by atoms with Gasteiger partial charge in [0.05, 0.1) is 16.6 Å². The van der Waals surface area contributed by atoms with Gasteiger partial charge in [-0.25, -0.2) is 0 Å². The first-order valence-electron chi connectivity index (χ1n) is 10.1. The minimum absolute atomic E-state index is 0.266. The van der Waals surface area contributed by atoms with Crippen molar-refractivity contribution >= 4 is 23.2 Å². The first-order valence-corrected chi connectivity index (χ1v) is 10.4. The van der Waals surface area contributed by atoms with Crippen LogP contribution in [0.2, 0.25) is 5.02 Å². The molecule has 2 heterocycles. The SMILES string of the molecule is CC(C)(N)C(=O)N[C@H](Cc1ccc(-c2ccccc2)cc1)c1nnc2ccc(Cl)cn12. The number of pyridine rings is 1. The van der Waals surface area contributed by atoms with E-state index in [0.29, 0.717) is 22.9 Å². The summed E-state index contributed by atoms with van der Waals surface area (Å²) in [5, 5.41) is 12.1. The number of carbonyl (C=O) groups is 1. The third-order valence-electron chi connectivity index (χ3n) is 5.10. The van der Waals surface area contributed by atoms with Crippen molar-refractivity contribution in [3.8, 4) is 11.1 Å². The van der Waals surface area contributed by atoms with Crippen molar-refractivity contribution in [3.63, 3.8) is 0 Å². The summed E-state index contributed by atoms with van der Waals surface area (Å²) >= 11 is 6.18. The zero-order chi connectivity index (χ0) is 22.0. The number of carbonyl (C=O) groups excluding carboxylic acids is 1. The molecule has 1 amide bonds. The summed E-state index contributed by atoms with van der Waals surface area (Å²) in [5.74, 6) is 0.333. The highest BCUT2D eigenvalue weighted by Crippen LogP contribution is 2.24. The number of hydrogen-bond acceptors (Lipinski definition) is 4. The molecule has 0 fully saturated rings. The molecule has 0 saturated carbocycles. The number of benzene rings is 2. The number of aromatic nitrogens is 3. The van der Waals surface area contributed by atoms with Crippen LogP contribution >= 0.6 is 11.6 Å². The van der Waals surface area contributed by atoms with Crippen LogP contribution < -0.4 is 11.1 Å². The van der Waals surface area contributed by atoms with E-state index in [1.54, 1.807) is 36.6 Å². The fourth-order valence-electron chi connectivity index (χ4n) is 3.37. The molecule has 31 heavy (non-hydrogen) atoms. The van der Waals surface area contributed by atoms with E-state index in [9.17, 15) is 4.79 Å². The summed E-state index contributed by atoms with van der Waals surface area (Å²) < 4.78 is 1.80. The number of nitrogens with zero attached hydrogens (tertiary/aromatic N) is 3. The lowest BCUT2D eigenvalue weighted by atomic mass is 9.99. The Morgan fingerprint density at radius 3 is 2.39 bits per heavy atom. The molecule has 0 aliphatic carbocycles. The van der Waals surface area contributed by atoms with Crippen LogP contribution in [-0.4, -0.2) is 26.0 Å². The molecule has 0 aliphatic heterocycles. The second-order valence-corrected chi connectivity index (χ2v) is 8.58. The van der Waals surface area contributed by atoms with Gasteiger partial charge in [0.1, 0.15) is 0 Å². The zero-order valence-electron chi connectivity index (χ0n) is 17.4. The van der Waals surface area contributed by atoms with Crippen LogP contribution in [-0.2, 0) is 11.2 Å². The average molecular weight is 434 g/mol. The number of fused-ring (bicyclic) bond motifs is 1. The molecule has 0 aliphatic rings. The first-order chi connectivity index (χ1) is 14.8. The topological polar surface area (TPSA) is 85.3 Å². The fraction of sp³-hybridized carbons (Fsp3) is 0.208. The molecule has 0 bridgehead atoms. The molecule has 2 aromatic carbocycles. The smallest absolute Gasteiger partial charge is 0.240 e. The summed E-state index contributed by atoms with van der Waals surface area (Å²) in [4.78, 5) is 12.7. The lowest BCUT2D eigenvalue weighted by Gasteiger charge is -2.23. The first kappa shape index (κ1) is 21.0. The Balaban J connectivity index is 1.66. The maximum absolute atomic E-state index is 12.7. The van der Waals surface area contributed by atoms with Gasteiger partial charge >= 0.3 is 0 Å². The van der Waals surface area contributed by atoms with E-state index < -0.39 is 11.6 Å². The molecular formula is C24H24ClN5O. The Bertz CT molecular complexity index is 1200. The standard InChI is InChI=1S/C24H24ClN5O/c1-24(2,26)23(31)27-20(22-29-28-21-13-12-19(25)15-30(21)22)14-16-8-10-18(11-9-16)17-6-4-3-5-7-17/h3-13,15,20H,14,26H2,1-2H3,(H,27,31)/t20-/m1/s1. The van der Waals surface area contributed by atoms with Crippen LogP contribution in [0.5, 0.6) is 0 Å². The van der Waals surface area contributed by atoms with Gasteiger partial charge in [-0.2, -0.15) is 0 Å². The highest BCUT2D eigenvalue weighted by Gasteiger charge is 2.28. The van der Waals surface area contributed by atoms with Gasteiger partial charge in [-0.3, -0.25) is 9.20 Å². The van der Waals surface area contributed by atoms with Gasteiger partial charge < -0.3 is 11.1 Å². The summed E-state index contributed by atoms with van der Waals surface area (Å²) in [7, 11) is 0. The molecule has 4 rings (SSSR count). The normalized spacial score (nSPS) is 12.6. The van der Waals surface area contributed by atoms with Crippen molar-refractivity contribution in [3.05, 3.63) is 89.3 Å². The molecule has 6 nitrogen and oxygen atoms in total. The van der Waals surface area contributed by atoms with E-state index in [-0.39, 0.29) is 5.91 Å². The molecule has 0 unspecified atom stereocenters. The van der Waals surface area contributed by atoms with Crippen LogP contribution in [0.15, 0.2) is 72.9 Å². The largest absolute Gasteiger partial charge is 0.344 e. The van der Waals surface area contributed by atoms with Gasteiger partial charge in [0.2, 0.25) is 5.91 Å². The van der Waals surface area contributed by atoms with Crippen LogP contribution in [0.25, 0.3) is 16.8 Å². The van der Waals surface area contributed by atoms with Gasteiger partial charge in [-0.05, 0) is 49.1 Å². The van der Waals surface area contributed by atoms with E-state index in [1.807, 2.05) is 18.2 Å². The lowest BCUT2D eigenvalue weighted by molar-refractivity contribution is -0.126. The van der Waals surface area contributed by atoms with Crippen molar-refractivity contribution in [2.24, 2.45) is 5.73 Å². The lowest BCUT2D eigenvalue weighted by Crippen LogP contribution is -2.50. The third kappa shape index (κ3) is 4.76. The second kappa shape index (κ2) is 8.49. The zero-order valence-corrected chi connectivity index (χ0v) is 18.2. The van der Waals surface area contributed by atoms with Crippen molar-refractivity contribution < 1.29 is 4.79 Å². The minimum atomic E-state index is -1.02. The minimum Gasteiger partial charge on any atom is -0.344 e. The highest BCUT2D eigenvalue weighted by atomic mass is 35.5. The average Bonchev–Trinajstić information content (AvgIpc) is 3.16. The Morgan fingerprint density at radius 2 is 1.71 bits per heavy atom. The number of halogens is 1. The van der Waals surface area contributed by atoms with Gasteiger partial charge in [-0.1, -0.05) is 66.2 Å². The van der Waals surface area contributed by atoms with Gasteiger partial charge in [0.15, 0.2) is 11.5 Å². The molecule has 0 radical (unpaired) electrons. The van der Waals surface area contributed by atoms with Gasteiger partial charge in [0, 0.05) is 6.20 Å². The molecule has 7 heteroatoms. The van der Waals surface area contributed by atoms with Crippen molar-refractivity contribution in [1.82, 2.24) is 19.9 Å². The van der Waals surface area contributed by atoms with E-state index in [0.717, 1.165) is 16.7 Å². The monoisotopic (exact) mass is 433 g/mol. The molecule has 3 N–H and O–H groups in total. The molecule has 0 spiro atoms. The maximum atomic E-state index is 12.7. The number of hydrogen-bond donors (Lipinski definition) is 2. The number of nitrogens with one attached hydrogen (secondary N) is 1. The number of rotatable bonds is 6. The predicted octanol–water partition coefficient (Wildman–Crippen LogP) is 4.19. The Labute approximate surface area is 186 Å². The molecule has 4 aromatic rings. The Kier molecular flexibility index (Phi) is 5.76. The fourth-order valence-corrected chi connectivity index (χ4v) is 3.53. The molecule has 158 valence electrons. The van der Waals surface area contributed by atoms with Crippen LogP contribution in [0.3, 0.4) is 0 Å². The molecular weight excluding hydrogens is 410 g/mol. The van der Waals surface area contributed by atoms with Gasteiger partial charge in [-0.15, -0.1) is 10.2 Å². The quantitative estimate of drug-likeness (QED) is 0.477. The third-order valence-corrected chi connectivity index (χ3v) is 5.32. The summed E-state index contributed by atoms with van der Waals surface area (Å²) in [6, 6.07) is 21.6. The van der Waals surface area contributed by atoms with E-state index >= 15 is 0 Å². The van der Waals surface area contributed by atoms with Crippen LogP contribution in [0.4, 0.5) is 0 Å². The van der Waals surface area contributed by atoms with Crippen molar-refractivity contribution in [2.45, 2.75) is 31.8 Å². The van der Waals surface area contributed by atoms with Crippen molar-refractivity contribution in [2.75, 3.05) is 0 Å². The Hall–Kier alpha value is -3.22. The van der Waals surface area contributed by atoms with Gasteiger partial charge in [0.25, 0.3) is 0 Å². The number of amides is 1. The van der Waals surface area contributed by atoms with Crippen LogP contribution in [0, 0.1) is 0 Å². The maximum Gasteiger partial charge on any atom is 0.240 e. The van der Waals surface area contributed by atoms with E-state index in [2.05, 4.69) is 51.9 Å². The van der Waals surface area contributed by atoms with E-state index in [1.165, 1.54) is 0 Å². The number of nitrogens with two attached hydrogens (primary N) is 1. The van der Waals surface area contributed by atoms with Crippen LogP contribution in [0.1, 0.15) is 31.3 Å². The predicted molar refractivity (Wildman–Crippen MR) is 123 cm³/mol. The summed E-state index contributed by atoms with van der Waals surface area (Å²) in [6.45, 7) is 3.35. The summed E-state index contributed by atoms with van der Waals surface area (Å²) in [6.07, 6.45) is 2.28. The van der Waals surface area contributed by atoms with E-state index in [4.69, 9.17) is 17.3 Å². The van der Waals surface area contributed by atoms with Crippen molar-refractivity contribution in [1.29, 1.82) is 0 Å². The highest BCUT2D eigenvalue weighted by molar-refractivity contribution is 6.30. The second-order valence-electron chi connectivity index (χ2n) is 8.15. The molecule has 0 saturated heterocycles. The molecule has 1 atom stereocenters. The molecule has 2 aromatic heterocycles. The Morgan fingerprint density at radius 1 is 1.03 bits per heavy atom.